The van der Waals surface area contributed by atoms with E-state index in [9.17, 15) is 5.11 Å². The predicted octanol–water partition coefficient (Wildman–Crippen LogP) is 2.63. The van der Waals surface area contributed by atoms with Crippen molar-refractivity contribution in [2.45, 2.75) is 11.7 Å². The molecule has 0 spiro atoms. The first kappa shape index (κ1) is 11.0. The minimum atomic E-state index is -1.41. The number of aliphatic hydroxyl groups is 1. The Kier molecular flexibility index (Phi) is 2.61. The Balaban J connectivity index is 2.03. The highest BCUT2D eigenvalue weighted by Gasteiger charge is 2.45. The molecule has 2 aromatic carbocycles. The zero-order valence-corrected chi connectivity index (χ0v) is 9.73. The maximum Gasteiger partial charge on any atom is 0.272 e. The average Bonchev–Trinajstić information content (AvgIpc) is 2.84. The molecular weight excluding hydrogens is 226 g/mol. The van der Waals surface area contributed by atoms with Gasteiger partial charge in [0.05, 0.1) is 12.1 Å². The van der Waals surface area contributed by atoms with Gasteiger partial charge in [-0.2, -0.15) is 0 Å². The molecule has 3 rings (SSSR count). The first-order chi connectivity index (χ1) is 8.81. The highest BCUT2D eigenvalue weighted by atomic mass is 16.7. The van der Waals surface area contributed by atoms with Gasteiger partial charge in [-0.15, -0.1) is 0 Å². The fourth-order valence-electron chi connectivity index (χ4n) is 2.21. The fourth-order valence-corrected chi connectivity index (χ4v) is 2.21. The first-order valence-corrected chi connectivity index (χ1v) is 5.85. The summed E-state index contributed by atoms with van der Waals surface area (Å²) in [6.45, 7) is 0. The van der Waals surface area contributed by atoms with Gasteiger partial charge in [-0.05, 0) is 5.56 Å². The molecule has 3 nitrogen and oxygen atoms in total. The number of rotatable bonds is 2. The molecule has 0 aromatic heterocycles. The van der Waals surface area contributed by atoms with Gasteiger partial charge in [0, 0.05) is 5.56 Å². The molecule has 1 heterocycles. The van der Waals surface area contributed by atoms with Gasteiger partial charge in [0.2, 0.25) is 0 Å². The van der Waals surface area contributed by atoms with Crippen LogP contribution in [-0.2, 0) is 10.6 Å². The number of benzene rings is 2. The average molecular weight is 239 g/mol. The summed E-state index contributed by atoms with van der Waals surface area (Å²) in [5.41, 5.74) is 1.68. The van der Waals surface area contributed by atoms with Gasteiger partial charge >= 0.3 is 0 Å². The molecule has 2 unspecified atom stereocenters. The zero-order chi connectivity index (χ0) is 12.4. The van der Waals surface area contributed by atoms with Gasteiger partial charge < -0.3 is 9.94 Å². The Morgan fingerprint density at radius 2 is 1.56 bits per heavy atom. The number of oxime groups is 1. The zero-order valence-electron chi connectivity index (χ0n) is 9.73. The van der Waals surface area contributed by atoms with Gasteiger partial charge in [0.15, 0.2) is 0 Å². The third kappa shape index (κ3) is 1.69. The van der Waals surface area contributed by atoms with Gasteiger partial charge in [-0.3, -0.25) is 0 Å². The van der Waals surface area contributed by atoms with Crippen LogP contribution in [0.25, 0.3) is 0 Å². The van der Waals surface area contributed by atoms with Gasteiger partial charge in [-0.1, -0.05) is 65.8 Å². The molecule has 1 aliphatic heterocycles. The molecule has 18 heavy (non-hydrogen) atoms. The molecule has 0 fully saturated rings. The molecule has 2 atom stereocenters. The van der Waals surface area contributed by atoms with E-state index < -0.39 is 5.79 Å². The molecule has 0 aliphatic carbocycles. The van der Waals surface area contributed by atoms with Crippen LogP contribution in [0.4, 0.5) is 0 Å². The Bertz CT molecular complexity index is 553. The normalized spacial score (nSPS) is 25.9. The highest BCUT2D eigenvalue weighted by Crippen LogP contribution is 2.40. The Labute approximate surface area is 105 Å². The smallest absolute Gasteiger partial charge is 0.272 e. The SMILES string of the molecule is OC1(c2ccccc2)ON=CC1c1ccccc1. The van der Waals surface area contributed by atoms with Crippen molar-refractivity contribution in [1.82, 2.24) is 0 Å². The van der Waals surface area contributed by atoms with Gasteiger partial charge in [-0.25, -0.2) is 0 Å². The molecule has 0 saturated carbocycles. The maximum atomic E-state index is 10.7. The molecule has 1 N–H and O–H groups in total. The number of hydrogen-bond donors (Lipinski definition) is 1. The molecule has 1 aliphatic rings. The lowest BCUT2D eigenvalue weighted by Crippen LogP contribution is -2.32. The summed E-state index contributed by atoms with van der Waals surface area (Å²) in [6, 6.07) is 19.1. The Morgan fingerprint density at radius 1 is 0.944 bits per heavy atom. The monoisotopic (exact) mass is 239 g/mol. The van der Waals surface area contributed by atoms with Crippen molar-refractivity contribution in [3.05, 3.63) is 71.8 Å². The Hall–Kier alpha value is -2.13. The van der Waals surface area contributed by atoms with Crippen molar-refractivity contribution < 1.29 is 9.94 Å². The molecule has 3 heteroatoms. The van der Waals surface area contributed by atoms with E-state index in [0.29, 0.717) is 5.56 Å². The van der Waals surface area contributed by atoms with E-state index in [1.807, 2.05) is 60.7 Å². The summed E-state index contributed by atoms with van der Waals surface area (Å²) < 4.78 is 0. The van der Waals surface area contributed by atoms with E-state index in [2.05, 4.69) is 5.16 Å². The van der Waals surface area contributed by atoms with Crippen molar-refractivity contribution in [3.8, 4) is 0 Å². The lowest BCUT2D eigenvalue weighted by Gasteiger charge is -2.27. The lowest BCUT2D eigenvalue weighted by molar-refractivity contribution is -0.203. The molecular formula is C15H13NO2. The van der Waals surface area contributed by atoms with Gasteiger partial charge in [0.1, 0.15) is 0 Å². The van der Waals surface area contributed by atoms with E-state index in [0.717, 1.165) is 5.56 Å². The van der Waals surface area contributed by atoms with Crippen molar-refractivity contribution in [1.29, 1.82) is 0 Å². The summed E-state index contributed by atoms with van der Waals surface area (Å²) in [5.74, 6) is -1.70. The van der Waals surface area contributed by atoms with Crippen LogP contribution in [0, 0.1) is 0 Å². The largest absolute Gasteiger partial charge is 0.355 e. The summed E-state index contributed by atoms with van der Waals surface area (Å²) in [7, 11) is 0. The van der Waals surface area contributed by atoms with Crippen LogP contribution in [0.1, 0.15) is 17.0 Å². The van der Waals surface area contributed by atoms with Crippen LogP contribution < -0.4 is 0 Å². The second-order valence-electron chi connectivity index (χ2n) is 4.30. The molecule has 2 aromatic rings. The minimum absolute atomic E-state index is 0.291. The van der Waals surface area contributed by atoms with Crippen molar-refractivity contribution in [2.75, 3.05) is 0 Å². The van der Waals surface area contributed by atoms with Gasteiger partial charge in [0.25, 0.3) is 5.79 Å². The van der Waals surface area contributed by atoms with Crippen LogP contribution in [0.3, 0.4) is 0 Å². The van der Waals surface area contributed by atoms with E-state index in [4.69, 9.17) is 4.84 Å². The van der Waals surface area contributed by atoms with Crippen LogP contribution in [-0.4, -0.2) is 11.3 Å². The minimum Gasteiger partial charge on any atom is -0.355 e. The third-order valence-electron chi connectivity index (χ3n) is 3.17. The second-order valence-corrected chi connectivity index (χ2v) is 4.30. The van der Waals surface area contributed by atoms with E-state index in [1.165, 1.54) is 0 Å². The second kappa shape index (κ2) is 4.27. The maximum absolute atomic E-state index is 10.7. The summed E-state index contributed by atoms with van der Waals surface area (Å²) in [5, 5.41) is 14.5. The van der Waals surface area contributed by atoms with Crippen LogP contribution >= 0.6 is 0 Å². The van der Waals surface area contributed by atoms with Crippen LogP contribution in [0.15, 0.2) is 65.8 Å². The molecule has 0 saturated heterocycles. The highest BCUT2D eigenvalue weighted by molar-refractivity contribution is 5.71. The van der Waals surface area contributed by atoms with Crippen LogP contribution in [0.5, 0.6) is 0 Å². The van der Waals surface area contributed by atoms with E-state index in [1.54, 1.807) is 6.21 Å². The quantitative estimate of drug-likeness (QED) is 0.875. The predicted molar refractivity (Wildman–Crippen MR) is 69.1 cm³/mol. The van der Waals surface area contributed by atoms with Crippen LogP contribution in [0.2, 0.25) is 0 Å². The van der Waals surface area contributed by atoms with Crippen molar-refractivity contribution in [3.63, 3.8) is 0 Å². The molecule has 90 valence electrons. The summed E-state index contributed by atoms with van der Waals surface area (Å²) in [6.07, 6.45) is 1.64. The van der Waals surface area contributed by atoms with Crippen molar-refractivity contribution in [2.24, 2.45) is 5.16 Å². The summed E-state index contributed by atoms with van der Waals surface area (Å²) in [4.78, 5) is 5.22. The molecule has 0 amide bonds. The van der Waals surface area contributed by atoms with E-state index >= 15 is 0 Å². The van der Waals surface area contributed by atoms with Crippen molar-refractivity contribution >= 4 is 6.21 Å². The number of nitrogens with zero attached hydrogens (tertiary/aromatic N) is 1. The fraction of sp³-hybridized carbons (Fsp3) is 0.133. The summed E-state index contributed by atoms with van der Waals surface area (Å²) >= 11 is 0. The molecule has 0 bridgehead atoms. The Morgan fingerprint density at radius 3 is 2.22 bits per heavy atom. The molecule has 0 radical (unpaired) electrons. The third-order valence-corrected chi connectivity index (χ3v) is 3.17. The first-order valence-electron chi connectivity index (χ1n) is 5.85. The standard InChI is InChI=1S/C15H13NO2/c17-15(13-9-5-2-6-10-13)14(11-16-18-15)12-7-3-1-4-8-12/h1-11,14,17H. The number of hydrogen-bond acceptors (Lipinski definition) is 3. The lowest BCUT2D eigenvalue weighted by atomic mass is 9.87. The topological polar surface area (TPSA) is 41.8 Å². The van der Waals surface area contributed by atoms with E-state index in [-0.39, 0.29) is 5.92 Å².